The van der Waals surface area contributed by atoms with Crippen molar-refractivity contribution in [1.29, 1.82) is 0 Å². The molecule has 3 atom stereocenters. The highest BCUT2D eigenvalue weighted by Crippen LogP contribution is 2.20. The molecule has 1 rings (SSSR count). The smallest absolute Gasteiger partial charge is 0.311 e. The van der Waals surface area contributed by atoms with Crippen LogP contribution < -0.4 is 5.32 Å². The quantitative estimate of drug-likeness (QED) is 0.723. The molecule has 1 aliphatic heterocycles. The summed E-state index contributed by atoms with van der Waals surface area (Å²) in [5.74, 6) is -2.37. The van der Waals surface area contributed by atoms with E-state index in [0.717, 1.165) is 0 Å². The second kappa shape index (κ2) is 6.69. The summed E-state index contributed by atoms with van der Waals surface area (Å²) in [5.41, 5.74) is 0. The molecular formula is C13H22N2O5. The molecule has 0 saturated carbocycles. The highest BCUT2D eigenvalue weighted by Gasteiger charge is 2.40. The molecule has 0 aromatic heterocycles. The molecule has 20 heavy (non-hydrogen) atoms. The Kier molecular flexibility index (Phi) is 5.50. The molecule has 2 amide bonds. The molecule has 0 spiro atoms. The number of nitrogens with one attached hydrogen (secondary N) is 1. The highest BCUT2D eigenvalue weighted by molar-refractivity contribution is 5.87. The molecule has 0 bridgehead atoms. The second-order valence-electron chi connectivity index (χ2n) is 5.42. The van der Waals surface area contributed by atoms with Gasteiger partial charge >= 0.3 is 5.97 Å². The van der Waals surface area contributed by atoms with Crippen LogP contribution in [0.1, 0.15) is 20.8 Å². The number of ether oxygens (including phenoxy) is 1. The maximum absolute atomic E-state index is 12.4. The molecule has 0 aliphatic carbocycles. The SMILES string of the molecule is CC(=O)NC(C(=O)N(C)C1COCC1C(=O)O)C(C)C. The van der Waals surface area contributed by atoms with Crippen molar-refractivity contribution in [3.63, 3.8) is 0 Å². The van der Waals surface area contributed by atoms with Crippen molar-refractivity contribution in [2.75, 3.05) is 20.3 Å². The first-order chi connectivity index (χ1) is 9.25. The van der Waals surface area contributed by atoms with Crippen LogP contribution in [0.2, 0.25) is 0 Å². The number of amides is 2. The average molecular weight is 286 g/mol. The van der Waals surface area contributed by atoms with Gasteiger partial charge in [-0.3, -0.25) is 14.4 Å². The predicted molar refractivity (Wildman–Crippen MR) is 70.9 cm³/mol. The van der Waals surface area contributed by atoms with Gasteiger partial charge in [0.25, 0.3) is 0 Å². The van der Waals surface area contributed by atoms with Gasteiger partial charge in [-0.2, -0.15) is 0 Å². The van der Waals surface area contributed by atoms with E-state index in [-0.39, 0.29) is 30.9 Å². The maximum atomic E-state index is 12.4. The van der Waals surface area contributed by atoms with Gasteiger partial charge in [0.2, 0.25) is 11.8 Å². The minimum absolute atomic E-state index is 0.0838. The zero-order chi connectivity index (χ0) is 15.4. The van der Waals surface area contributed by atoms with Crippen molar-refractivity contribution in [2.24, 2.45) is 11.8 Å². The van der Waals surface area contributed by atoms with E-state index < -0.39 is 24.0 Å². The van der Waals surface area contributed by atoms with Crippen LogP contribution in [0.15, 0.2) is 0 Å². The van der Waals surface area contributed by atoms with Crippen LogP contribution in [0.4, 0.5) is 0 Å². The standard InChI is InChI=1S/C13H22N2O5/c1-7(2)11(14-8(3)16)12(17)15(4)10-6-20-5-9(10)13(18)19/h7,9-11H,5-6H2,1-4H3,(H,14,16)(H,18,19). The molecule has 2 N–H and O–H groups in total. The number of aliphatic carboxylic acids is 1. The largest absolute Gasteiger partial charge is 0.481 e. The summed E-state index contributed by atoms with van der Waals surface area (Å²) in [6, 6.07) is -1.16. The molecular weight excluding hydrogens is 264 g/mol. The first kappa shape index (κ1) is 16.4. The number of hydrogen-bond acceptors (Lipinski definition) is 4. The molecule has 1 saturated heterocycles. The topological polar surface area (TPSA) is 95.9 Å². The van der Waals surface area contributed by atoms with Crippen LogP contribution in [-0.2, 0) is 19.1 Å². The van der Waals surface area contributed by atoms with Crippen molar-refractivity contribution >= 4 is 17.8 Å². The molecule has 1 heterocycles. The van der Waals surface area contributed by atoms with Gasteiger partial charge < -0.3 is 20.1 Å². The second-order valence-corrected chi connectivity index (χ2v) is 5.42. The van der Waals surface area contributed by atoms with Gasteiger partial charge in [0, 0.05) is 14.0 Å². The van der Waals surface area contributed by atoms with Gasteiger partial charge in [0.15, 0.2) is 0 Å². The van der Waals surface area contributed by atoms with Crippen molar-refractivity contribution in [3.8, 4) is 0 Å². The zero-order valence-corrected chi connectivity index (χ0v) is 12.3. The summed E-state index contributed by atoms with van der Waals surface area (Å²) in [6.07, 6.45) is 0. The summed E-state index contributed by atoms with van der Waals surface area (Å²) >= 11 is 0. The Balaban J connectivity index is 2.83. The normalized spacial score (nSPS) is 23.4. The molecule has 7 heteroatoms. The average Bonchev–Trinajstić information content (AvgIpc) is 2.82. The number of carboxylic acids is 1. The van der Waals surface area contributed by atoms with Crippen molar-refractivity contribution in [3.05, 3.63) is 0 Å². The Labute approximate surface area is 118 Å². The Morgan fingerprint density at radius 3 is 2.35 bits per heavy atom. The van der Waals surface area contributed by atoms with Crippen molar-refractivity contribution < 1.29 is 24.2 Å². The van der Waals surface area contributed by atoms with Gasteiger partial charge in [-0.25, -0.2) is 0 Å². The molecule has 7 nitrogen and oxygen atoms in total. The minimum atomic E-state index is -0.979. The lowest BCUT2D eigenvalue weighted by Crippen LogP contribution is -2.54. The van der Waals surface area contributed by atoms with Gasteiger partial charge in [-0.05, 0) is 5.92 Å². The van der Waals surface area contributed by atoms with Crippen LogP contribution in [-0.4, -0.2) is 60.1 Å². The number of carbonyl (C=O) groups is 3. The lowest BCUT2D eigenvalue weighted by molar-refractivity contribution is -0.145. The molecule has 0 aromatic carbocycles. The third-order valence-corrected chi connectivity index (χ3v) is 3.50. The van der Waals surface area contributed by atoms with E-state index in [1.54, 1.807) is 7.05 Å². The molecule has 114 valence electrons. The number of likely N-dealkylation sites (N-methyl/N-ethyl adjacent to an activating group) is 1. The maximum Gasteiger partial charge on any atom is 0.311 e. The molecule has 0 radical (unpaired) electrons. The summed E-state index contributed by atoms with van der Waals surface area (Å²) in [7, 11) is 1.55. The van der Waals surface area contributed by atoms with Gasteiger partial charge in [-0.15, -0.1) is 0 Å². The zero-order valence-electron chi connectivity index (χ0n) is 12.3. The van der Waals surface area contributed by atoms with E-state index in [1.807, 2.05) is 13.8 Å². The van der Waals surface area contributed by atoms with E-state index in [0.29, 0.717) is 0 Å². The summed E-state index contributed by atoms with van der Waals surface area (Å²) in [6.45, 7) is 5.30. The summed E-state index contributed by atoms with van der Waals surface area (Å²) < 4.78 is 5.16. The van der Waals surface area contributed by atoms with Crippen LogP contribution in [0.3, 0.4) is 0 Å². The summed E-state index contributed by atoms with van der Waals surface area (Å²) in [4.78, 5) is 36.1. The van der Waals surface area contributed by atoms with E-state index in [2.05, 4.69) is 5.32 Å². The van der Waals surface area contributed by atoms with Gasteiger partial charge in [0.1, 0.15) is 12.0 Å². The first-order valence-corrected chi connectivity index (χ1v) is 6.60. The molecule has 1 aliphatic rings. The molecule has 3 unspecified atom stereocenters. The number of carboxylic acid groups (broad SMARTS) is 1. The first-order valence-electron chi connectivity index (χ1n) is 6.60. The van der Waals surface area contributed by atoms with Gasteiger partial charge in [-0.1, -0.05) is 13.8 Å². The Morgan fingerprint density at radius 1 is 1.30 bits per heavy atom. The number of hydrogen-bond donors (Lipinski definition) is 2. The van der Waals surface area contributed by atoms with Crippen molar-refractivity contribution in [1.82, 2.24) is 10.2 Å². The third-order valence-electron chi connectivity index (χ3n) is 3.50. The lowest BCUT2D eigenvalue weighted by atomic mass is 9.98. The van der Waals surface area contributed by atoms with Gasteiger partial charge in [0.05, 0.1) is 19.3 Å². The van der Waals surface area contributed by atoms with E-state index in [1.165, 1.54) is 11.8 Å². The van der Waals surface area contributed by atoms with Crippen LogP contribution >= 0.6 is 0 Å². The fourth-order valence-electron chi connectivity index (χ4n) is 2.28. The monoisotopic (exact) mass is 286 g/mol. The Bertz CT molecular complexity index is 396. The van der Waals surface area contributed by atoms with Crippen LogP contribution in [0, 0.1) is 11.8 Å². The number of carbonyl (C=O) groups excluding carboxylic acids is 2. The van der Waals surface area contributed by atoms with E-state index >= 15 is 0 Å². The predicted octanol–water partition coefficient (Wildman–Crippen LogP) is -0.295. The third kappa shape index (κ3) is 3.69. The fraction of sp³-hybridized carbons (Fsp3) is 0.769. The van der Waals surface area contributed by atoms with Crippen LogP contribution in [0.25, 0.3) is 0 Å². The van der Waals surface area contributed by atoms with Crippen molar-refractivity contribution in [2.45, 2.75) is 32.9 Å². The highest BCUT2D eigenvalue weighted by atomic mass is 16.5. The molecule has 1 fully saturated rings. The lowest BCUT2D eigenvalue weighted by Gasteiger charge is -2.31. The molecule has 0 aromatic rings. The Hall–Kier alpha value is -1.63. The van der Waals surface area contributed by atoms with E-state index in [4.69, 9.17) is 9.84 Å². The number of rotatable bonds is 5. The van der Waals surface area contributed by atoms with E-state index in [9.17, 15) is 14.4 Å². The summed E-state index contributed by atoms with van der Waals surface area (Å²) in [5, 5.41) is 11.7. The fourth-order valence-corrected chi connectivity index (χ4v) is 2.28. The number of nitrogens with zero attached hydrogens (tertiary/aromatic N) is 1. The minimum Gasteiger partial charge on any atom is -0.481 e. The Morgan fingerprint density at radius 2 is 1.90 bits per heavy atom. The van der Waals surface area contributed by atoms with Crippen LogP contribution in [0.5, 0.6) is 0 Å².